The molecule has 0 aliphatic carbocycles. The van der Waals surface area contributed by atoms with Crippen LogP contribution >= 0.6 is 0 Å². The summed E-state index contributed by atoms with van der Waals surface area (Å²) in [4.78, 5) is 194. The first-order valence-corrected chi connectivity index (χ1v) is 24.7. The van der Waals surface area contributed by atoms with Crippen LogP contribution in [0.3, 0.4) is 0 Å². The van der Waals surface area contributed by atoms with E-state index >= 15 is 0 Å². The molecule has 0 saturated heterocycles. The molecule has 0 bridgehead atoms. The molecule has 0 unspecified atom stereocenters. The number of amides is 13. The van der Waals surface area contributed by atoms with Crippen LogP contribution in [-0.4, -0.2) is 158 Å². The molecule has 0 aliphatic rings. The molecule has 0 aromatic heterocycles. The number of hydrogen-bond acceptors (Lipinski definition) is 17. The van der Waals surface area contributed by atoms with Crippen LogP contribution in [0.5, 0.6) is 5.75 Å². The van der Waals surface area contributed by atoms with Gasteiger partial charge in [-0.2, -0.15) is 0 Å². The van der Waals surface area contributed by atoms with Crippen molar-refractivity contribution in [1.82, 2.24) is 42.5 Å². The number of nitrogens with two attached hydrogens (primary N) is 6. The van der Waals surface area contributed by atoms with E-state index in [1.165, 1.54) is 38.1 Å². The Morgan fingerprint density at radius 3 is 1.10 bits per heavy atom. The Morgan fingerprint density at radius 2 is 0.741 bits per heavy atom. The van der Waals surface area contributed by atoms with Crippen molar-refractivity contribution in [1.29, 1.82) is 0 Å². The second-order valence-corrected chi connectivity index (χ2v) is 18.8. The molecule has 0 heterocycles. The number of nitrogens with one attached hydrogen (secondary N) is 8. The lowest BCUT2D eigenvalue weighted by Crippen LogP contribution is -2.61. The number of rotatable bonds is 36. The van der Waals surface area contributed by atoms with Crippen LogP contribution < -0.4 is 76.9 Å². The highest BCUT2D eigenvalue weighted by Crippen LogP contribution is 2.14. The van der Waals surface area contributed by atoms with E-state index in [1.807, 2.05) is 0 Å². The zero-order chi connectivity index (χ0) is 61.3. The number of phenolic OH excluding ortho intramolecular Hbond substituents is 1. The first-order valence-electron chi connectivity index (χ1n) is 24.7. The lowest BCUT2D eigenvalue weighted by Gasteiger charge is -2.27. The third-order valence-electron chi connectivity index (χ3n) is 11.6. The molecule has 32 heteroatoms. The number of aliphatic carboxylic acids is 2. The standard InChI is InChI=1S/C49H68N14O18/c1-22(2)40(49(80)81)63-48(79)29(16-23-6-4-3-5-7-23)58-45(76)32(20-37(54)68)62-46(77)31(19-36(53)67)59-42(73)27(13-14-34(51)65)56-44(75)30(18-35(52)66)61-47(78)33(21-38(55)69)60-43(74)28(17-24-8-10-25(64)11-9-24)57-41(72)26(50)12-15-39(70)71/h3-11,22,26-33,40,64H,12-21,50H2,1-2H3,(H2,51,65)(H2,52,66)(H2,53,67)(H2,54,68)(H2,55,69)(H,56,75)(H,57,72)(H,58,76)(H,59,73)(H,60,74)(H,61,78)(H,62,77)(H,63,79)(H,70,71)(H,80,81)/t26-,27-,28-,29-,30-,31-,32-,33-,40-/m0/s1. The number of carboxylic acid groups (broad SMARTS) is 2. The van der Waals surface area contributed by atoms with Gasteiger partial charge in [0.1, 0.15) is 54.1 Å². The summed E-state index contributed by atoms with van der Waals surface area (Å²) in [6.45, 7) is 3.02. The number of aromatic hydroxyl groups is 1. The molecule has 9 atom stereocenters. The molecule has 442 valence electrons. The second kappa shape index (κ2) is 32.9. The SMILES string of the molecule is CC(C)[C@H](NC(=O)[C@H](Cc1ccccc1)NC(=O)[C@H](CC(N)=O)NC(=O)[C@H](CC(N)=O)NC(=O)[C@H](CCC(N)=O)NC(=O)[C@H](CC(N)=O)NC(=O)[C@H](CC(N)=O)NC(=O)[C@H](Cc1ccc(O)cc1)NC(=O)[C@@H](N)CCC(=O)O)C(=O)O. The second-order valence-electron chi connectivity index (χ2n) is 18.8. The summed E-state index contributed by atoms with van der Waals surface area (Å²) in [5, 5.41) is 46.2. The maximum absolute atomic E-state index is 14.0. The predicted octanol–water partition coefficient (Wildman–Crippen LogP) is -7.24. The van der Waals surface area contributed by atoms with Crippen LogP contribution in [0.1, 0.15) is 76.3 Å². The van der Waals surface area contributed by atoms with Crippen LogP contribution in [0.4, 0.5) is 0 Å². The molecule has 0 radical (unpaired) electrons. The fourth-order valence-corrected chi connectivity index (χ4v) is 7.42. The fraction of sp³-hybridized carbons (Fsp3) is 0.449. The molecular formula is C49H68N14O18. The maximum Gasteiger partial charge on any atom is 0.326 e. The zero-order valence-electron chi connectivity index (χ0n) is 44.0. The van der Waals surface area contributed by atoms with Gasteiger partial charge in [0.15, 0.2) is 0 Å². The summed E-state index contributed by atoms with van der Waals surface area (Å²) < 4.78 is 0. The van der Waals surface area contributed by atoms with Gasteiger partial charge < -0.3 is 92.3 Å². The van der Waals surface area contributed by atoms with Crippen molar-refractivity contribution in [2.45, 2.75) is 132 Å². The Bertz CT molecular complexity index is 2660. The Hall–Kier alpha value is -9.75. The molecule has 81 heavy (non-hydrogen) atoms. The fourth-order valence-electron chi connectivity index (χ4n) is 7.42. The van der Waals surface area contributed by atoms with Crippen LogP contribution in [0, 0.1) is 5.92 Å². The lowest BCUT2D eigenvalue weighted by atomic mass is 10.0. The van der Waals surface area contributed by atoms with Gasteiger partial charge in [-0.3, -0.25) is 67.1 Å². The average molecular weight is 1140 g/mol. The monoisotopic (exact) mass is 1140 g/mol. The summed E-state index contributed by atoms with van der Waals surface area (Å²) in [5.41, 5.74) is 33.5. The highest BCUT2D eigenvalue weighted by atomic mass is 16.4. The zero-order valence-corrected chi connectivity index (χ0v) is 44.0. The van der Waals surface area contributed by atoms with Gasteiger partial charge in [0, 0.05) is 25.7 Å². The van der Waals surface area contributed by atoms with Crippen LogP contribution in [-0.2, 0) is 84.8 Å². The molecule has 0 aliphatic heterocycles. The van der Waals surface area contributed by atoms with Gasteiger partial charge in [0.2, 0.25) is 76.8 Å². The van der Waals surface area contributed by atoms with E-state index in [0.29, 0.717) is 11.1 Å². The van der Waals surface area contributed by atoms with Gasteiger partial charge in [0.25, 0.3) is 0 Å². The van der Waals surface area contributed by atoms with E-state index in [9.17, 15) is 82.1 Å². The summed E-state index contributed by atoms with van der Waals surface area (Å²) in [7, 11) is 0. The highest BCUT2D eigenvalue weighted by molar-refractivity contribution is 6.01. The molecular weight excluding hydrogens is 1070 g/mol. The van der Waals surface area contributed by atoms with Gasteiger partial charge in [-0.05, 0) is 42.0 Å². The van der Waals surface area contributed by atoms with Crippen molar-refractivity contribution >= 4 is 88.7 Å². The molecule has 32 nitrogen and oxygen atoms in total. The van der Waals surface area contributed by atoms with E-state index < -0.39 is 194 Å². The van der Waals surface area contributed by atoms with Crippen molar-refractivity contribution in [2.75, 3.05) is 0 Å². The van der Waals surface area contributed by atoms with E-state index in [-0.39, 0.29) is 25.0 Å². The average Bonchev–Trinajstić information content (AvgIpc) is 3.36. The van der Waals surface area contributed by atoms with Crippen LogP contribution in [0.15, 0.2) is 54.6 Å². The van der Waals surface area contributed by atoms with Crippen molar-refractivity contribution < 1.29 is 87.2 Å². The largest absolute Gasteiger partial charge is 0.508 e. The Kier molecular flexibility index (Phi) is 27.3. The van der Waals surface area contributed by atoms with Crippen molar-refractivity contribution in [3.05, 3.63) is 65.7 Å². The number of hydrogen-bond donors (Lipinski definition) is 17. The number of benzene rings is 2. The normalized spacial score (nSPS) is 14.2. The van der Waals surface area contributed by atoms with Gasteiger partial charge in [-0.1, -0.05) is 56.3 Å². The quantitative estimate of drug-likeness (QED) is 0.0301. The summed E-state index contributed by atoms with van der Waals surface area (Å²) in [5.74, 6) is -19.5. The number of primary amides is 5. The minimum absolute atomic E-state index is 0.172. The van der Waals surface area contributed by atoms with Crippen LogP contribution in [0.25, 0.3) is 0 Å². The predicted molar refractivity (Wildman–Crippen MR) is 278 cm³/mol. The molecule has 23 N–H and O–H groups in total. The molecule has 2 aromatic carbocycles. The molecule has 0 fully saturated rings. The van der Waals surface area contributed by atoms with Gasteiger partial charge in [0.05, 0.1) is 31.7 Å². The summed E-state index contributed by atoms with van der Waals surface area (Å²) in [6.07, 6.45) is -6.93. The van der Waals surface area contributed by atoms with Gasteiger partial charge in [-0.15, -0.1) is 0 Å². The summed E-state index contributed by atoms with van der Waals surface area (Å²) in [6, 6.07) is -2.86. The molecule has 2 aromatic rings. The molecule has 2 rings (SSSR count). The first-order chi connectivity index (χ1) is 37.9. The Balaban J connectivity index is 2.48. The third-order valence-corrected chi connectivity index (χ3v) is 11.6. The van der Waals surface area contributed by atoms with E-state index in [2.05, 4.69) is 42.5 Å². The molecule has 0 spiro atoms. The van der Waals surface area contributed by atoms with E-state index in [4.69, 9.17) is 39.5 Å². The van der Waals surface area contributed by atoms with Crippen molar-refractivity contribution in [2.24, 2.45) is 40.3 Å². The minimum Gasteiger partial charge on any atom is -0.508 e. The lowest BCUT2D eigenvalue weighted by molar-refractivity contribution is -0.143. The molecule has 13 amide bonds. The van der Waals surface area contributed by atoms with Gasteiger partial charge >= 0.3 is 11.9 Å². The van der Waals surface area contributed by atoms with E-state index in [1.54, 1.807) is 30.3 Å². The maximum atomic E-state index is 14.0. The van der Waals surface area contributed by atoms with Crippen molar-refractivity contribution in [3.8, 4) is 5.75 Å². The topological polar surface area (TPSA) is 569 Å². The van der Waals surface area contributed by atoms with Crippen LogP contribution in [0.2, 0.25) is 0 Å². The van der Waals surface area contributed by atoms with Gasteiger partial charge in [-0.25, -0.2) is 4.79 Å². The third kappa shape index (κ3) is 25.1. The van der Waals surface area contributed by atoms with E-state index in [0.717, 1.165) is 0 Å². The number of carbonyl (C=O) groups excluding carboxylic acids is 13. The number of phenols is 1. The highest BCUT2D eigenvalue weighted by Gasteiger charge is 2.37. The molecule has 0 saturated carbocycles. The smallest absolute Gasteiger partial charge is 0.326 e. The summed E-state index contributed by atoms with van der Waals surface area (Å²) >= 11 is 0. The Labute approximate surface area is 461 Å². The first kappa shape index (κ1) is 67.4. The van der Waals surface area contributed by atoms with Crippen molar-refractivity contribution in [3.63, 3.8) is 0 Å². The minimum atomic E-state index is -2.09. The Morgan fingerprint density at radius 1 is 0.407 bits per heavy atom. The number of carbonyl (C=O) groups is 15. The number of carboxylic acids is 2.